The molecular formula is C12H9NO2. The monoisotopic (exact) mass is 199 g/mol. The Labute approximate surface area is 85.6 Å². The van der Waals surface area contributed by atoms with Crippen molar-refractivity contribution in [2.75, 3.05) is 0 Å². The summed E-state index contributed by atoms with van der Waals surface area (Å²) in [4.78, 5) is 3.14. The van der Waals surface area contributed by atoms with Gasteiger partial charge in [0.25, 0.3) is 0 Å². The molecule has 3 N–H and O–H groups in total. The first-order valence-corrected chi connectivity index (χ1v) is 4.69. The van der Waals surface area contributed by atoms with Crippen LogP contribution >= 0.6 is 0 Å². The Morgan fingerprint density at radius 1 is 0.733 bits per heavy atom. The maximum Gasteiger partial charge on any atom is 0.125 e. The van der Waals surface area contributed by atoms with E-state index in [4.69, 9.17) is 0 Å². The number of aromatic amines is 1. The predicted octanol–water partition coefficient (Wildman–Crippen LogP) is 2.73. The second-order valence-electron chi connectivity index (χ2n) is 3.52. The van der Waals surface area contributed by atoms with E-state index in [9.17, 15) is 10.2 Å². The molecule has 3 aromatic rings. The zero-order chi connectivity index (χ0) is 10.4. The topological polar surface area (TPSA) is 56.2 Å². The highest BCUT2D eigenvalue weighted by atomic mass is 16.3. The standard InChI is InChI=1S/C12H9NO2/c14-9-5-1-3-7-11(9)12-8(13-7)4-2-6-10(12)15/h1-6,13-15H. The highest BCUT2D eigenvalue weighted by Gasteiger charge is 2.10. The van der Waals surface area contributed by atoms with Crippen LogP contribution in [0, 0.1) is 0 Å². The molecule has 3 rings (SSSR count). The van der Waals surface area contributed by atoms with Gasteiger partial charge >= 0.3 is 0 Å². The summed E-state index contributed by atoms with van der Waals surface area (Å²) in [5, 5.41) is 20.8. The van der Waals surface area contributed by atoms with Crippen LogP contribution in [0.15, 0.2) is 36.4 Å². The minimum atomic E-state index is 0.181. The molecule has 1 heterocycles. The van der Waals surface area contributed by atoms with Gasteiger partial charge in [-0.15, -0.1) is 0 Å². The molecule has 0 amide bonds. The van der Waals surface area contributed by atoms with E-state index in [0.29, 0.717) is 10.8 Å². The van der Waals surface area contributed by atoms with Crippen LogP contribution in [0.3, 0.4) is 0 Å². The third-order valence-corrected chi connectivity index (χ3v) is 2.60. The SMILES string of the molecule is Oc1cccc2[nH]c3cccc(O)c3c12. The highest BCUT2D eigenvalue weighted by Crippen LogP contribution is 2.36. The Bertz CT molecular complexity index is 599. The Morgan fingerprint density at radius 3 is 1.67 bits per heavy atom. The summed E-state index contributed by atoms with van der Waals surface area (Å²) in [6, 6.07) is 10.5. The molecule has 0 bridgehead atoms. The summed E-state index contributed by atoms with van der Waals surface area (Å²) in [7, 11) is 0. The van der Waals surface area contributed by atoms with Gasteiger partial charge in [-0.1, -0.05) is 12.1 Å². The number of aromatic nitrogens is 1. The molecule has 3 heteroatoms. The Morgan fingerprint density at radius 2 is 1.20 bits per heavy atom. The fourth-order valence-corrected chi connectivity index (χ4v) is 1.96. The van der Waals surface area contributed by atoms with Crippen molar-refractivity contribution in [3.05, 3.63) is 36.4 Å². The van der Waals surface area contributed by atoms with Crippen molar-refractivity contribution in [2.45, 2.75) is 0 Å². The van der Waals surface area contributed by atoms with E-state index in [1.165, 1.54) is 0 Å². The smallest absolute Gasteiger partial charge is 0.125 e. The maximum absolute atomic E-state index is 9.75. The minimum absolute atomic E-state index is 0.181. The molecule has 0 radical (unpaired) electrons. The van der Waals surface area contributed by atoms with Gasteiger partial charge in [0.15, 0.2) is 0 Å². The third-order valence-electron chi connectivity index (χ3n) is 2.60. The molecular weight excluding hydrogens is 190 g/mol. The number of nitrogens with one attached hydrogen (secondary N) is 1. The van der Waals surface area contributed by atoms with E-state index >= 15 is 0 Å². The summed E-state index contributed by atoms with van der Waals surface area (Å²) < 4.78 is 0. The molecule has 0 saturated carbocycles. The van der Waals surface area contributed by atoms with E-state index in [1.807, 2.05) is 12.1 Å². The molecule has 0 aliphatic carbocycles. The molecule has 0 unspecified atom stereocenters. The van der Waals surface area contributed by atoms with Crippen molar-refractivity contribution in [1.29, 1.82) is 0 Å². The van der Waals surface area contributed by atoms with Crippen LogP contribution in [-0.2, 0) is 0 Å². The summed E-state index contributed by atoms with van der Waals surface area (Å²) in [6.45, 7) is 0. The van der Waals surface area contributed by atoms with Crippen molar-refractivity contribution >= 4 is 21.8 Å². The van der Waals surface area contributed by atoms with E-state index < -0.39 is 0 Å². The Kier molecular flexibility index (Phi) is 1.45. The number of phenols is 2. The van der Waals surface area contributed by atoms with Crippen LogP contribution in [0.25, 0.3) is 21.8 Å². The van der Waals surface area contributed by atoms with Gasteiger partial charge < -0.3 is 15.2 Å². The van der Waals surface area contributed by atoms with Gasteiger partial charge in [0.2, 0.25) is 0 Å². The number of hydrogen-bond acceptors (Lipinski definition) is 2. The van der Waals surface area contributed by atoms with Gasteiger partial charge in [-0.05, 0) is 24.3 Å². The number of phenolic OH excluding ortho intramolecular Hbond substituents is 2. The molecule has 0 fully saturated rings. The Balaban J connectivity index is 2.67. The summed E-state index contributed by atoms with van der Waals surface area (Å²) >= 11 is 0. The van der Waals surface area contributed by atoms with Gasteiger partial charge in [0.05, 0.1) is 21.8 Å². The van der Waals surface area contributed by atoms with Crippen LogP contribution in [0.4, 0.5) is 0 Å². The van der Waals surface area contributed by atoms with E-state index in [2.05, 4.69) is 4.98 Å². The number of H-pyrrole nitrogens is 1. The number of fused-ring (bicyclic) bond motifs is 3. The average Bonchev–Trinajstić information content (AvgIpc) is 2.58. The molecule has 0 saturated heterocycles. The molecule has 0 spiro atoms. The molecule has 0 aliphatic heterocycles. The number of benzene rings is 2. The van der Waals surface area contributed by atoms with Crippen molar-refractivity contribution in [3.63, 3.8) is 0 Å². The third kappa shape index (κ3) is 1.00. The first-order chi connectivity index (χ1) is 7.27. The average molecular weight is 199 g/mol. The van der Waals surface area contributed by atoms with Crippen LogP contribution < -0.4 is 0 Å². The van der Waals surface area contributed by atoms with Crippen molar-refractivity contribution < 1.29 is 10.2 Å². The summed E-state index contributed by atoms with van der Waals surface area (Å²) in [5.41, 5.74) is 1.65. The van der Waals surface area contributed by atoms with E-state index in [1.54, 1.807) is 24.3 Å². The normalized spacial score (nSPS) is 11.2. The van der Waals surface area contributed by atoms with Crippen LogP contribution in [0.1, 0.15) is 0 Å². The van der Waals surface area contributed by atoms with Gasteiger partial charge in [0, 0.05) is 0 Å². The number of rotatable bonds is 0. The van der Waals surface area contributed by atoms with Gasteiger partial charge in [-0.2, -0.15) is 0 Å². The summed E-state index contributed by atoms with van der Waals surface area (Å²) in [6.07, 6.45) is 0. The van der Waals surface area contributed by atoms with Crippen molar-refractivity contribution in [2.24, 2.45) is 0 Å². The zero-order valence-electron chi connectivity index (χ0n) is 7.86. The molecule has 2 aromatic carbocycles. The predicted molar refractivity (Wildman–Crippen MR) is 59.1 cm³/mol. The second kappa shape index (κ2) is 2.67. The molecule has 0 atom stereocenters. The summed E-state index contributed by atoms with van der Waals surface area (Å²) in [5.74, 6) is 0.362. The molecule has 15 heavy (non-hydrogen) atoms. The molecule has 0 aliphatic rings. The van der Waals surface area contributed by atoms with Crippen LogP contribution in [0.2, 0.25) is 0 Å². The van der Waals surface area contributed by atoms with E-state index in [-0.39, 0.29) is 11.5 Å². The number of hydrogen-bond donors (Lipinski definition) is 3. The largest absolute Gasteiger partial charge is 0.507 e. The minimum Gasteiger partial charge on any atom is -0.507 e. The lowest BCUT2D eigenvalue weighted by Gasteiger charge is -1.97. The fraction of sp³-hybridized carbons (Fsp3) is 0. The first-order valence-electron chi connectivity index (χ1n) is 4.69. The second-order valence-corrected chi connectivity index (χ2v) is 3.52. The quantitative estimate of drug-likeness (QED) is 0.521. The lowest BCUT2D eigenvalue weighted by atomic mass is 10.1. The molecule has 74 valence electrons. The molecule has 3 nitrogen and oxygen atoms in total. The van der Waals surface area contributed by atoms with Gasteiger partial charge in [-0.3, -0.25) is 0 Å². The lowest BCUT2D eigenvalue weighted by molar-refractivity contribution is 0.477. The van der Waals surface area contributed by atoms with E-state index in [0.717, 1.165) is 11.0 Å². The van der Waals surface area contributed by atoms with Crippen molar-refractivity contribution in [1.82, 2.24) is 4.98 Å². The van der Waals surface area contributed by atoms with Crippen LogP contribution in [0.5, 0.6) is 11.5 Å². The first kappa shape index (κ1) is 8.17. The fourth-order valence-electron chi connectivity index (χ4n) is 1.96. The lowest BCUT2D eigenvalue weighted by Crippen LogP contribution is -1.69. The Hall–Kier alpha value is -2.16. The maximum atomic E-state index is 9.75. The van der Waals surface area contributed by atoms with Gasteiger partial charge in [-0.25, -0.2) is 0 Å². The van der Waals surface area contributed by atoms with Crippen molar-refractivity contribution in [3.8, 4) is 11.5 Å². The van der Waals surface area contributed by atoms with Crippen LogP contribution in [-0.4, -0.2) is 15.2 Å². The zero-order valence-corrected chi connectivity index (χ0v) is 7.86. The molecule has 1 aromatic heterocycles. The highest BCUT2D eigenvalue weighted by molar-refractivity contribution is 6.12. The number of aromatic hydroxyl groups is 2. The van der Waals surface area contributed by atoms with Gasteiger partial charge in [0.1, 0.15) is 11.5 Å².